The van der Waals surface area contributed by atoms with Gasteiger partial charge in [0.15, 0.2) is 0 Å². The van der Waals surface area contributed by atoms with Gasteiger partial charge in [0.05, 0.1) is 24.7 Å². The highest BCUT2D eigenvalue weighted by atomic mass is 32.2. The van der Waals surface area contributed by atoms with E-state index in [4.69, 9.17) is 19.3 Å². The maximum atomic E-state index is 11.5. The Balaban J connectivity index is 2.62. The molecule has 0 saturated carbocycles. The number of aryl methyl sites for hydroxylation is 2. The number of hydrogen-bond acceptors (Lipinski definition) is 5. The number of ether oxygens (including phenoxy) is 3. The number of benzene rings is 1. The fraction of sp³-hybridized carbons (Fsp3) is 0.538. The average Bonchev–Trinajstić information content (AvgIpc) is 2.31. The number of nitrogens with two attached hydrogens (primary N) is 1. The van der Waals surface area contributed by atoms with Crippen LogP contribution in [0.25, 0.3) is 0 Å². The third-order valence-corrected chi connectivity index (χ3v) is 3.86. The van der Waals surface area contributed by atoms with Crippen molar-refractivity contribution in [2.24, 2.45) is 5.14 Å². The van der Waals surface area contributed by atoms with E-state index in [0.29, 0.717) is 43.3 Å². The van der Waals surface area contributed by atoms with E-state index in [0.717, 1.165) is 0 Å². The van der Waals surface area contributed by atoms with Gasteiger partial charge in [-0.3, -0.25) is 0 Å². The summed E-state index contributed by atoms with van der Waals surface area (Å²) < 4.78 is 38.5. The maximum Gasteiger partial charge on any atom is 0.238 e. The van der Waals surface area contributed by atoms with Gasteiger partial charge in [0.25, 0.3) is 0 Å². The normalized spacial score (nSPS) is 11.6. The summed E-state index contributed by atoms with van der Waals surface area (Å²) in [6.45, 7) is 5.27. The van der Waals surface area contributed by atoms with E-state index in [1.165, 1.54) is 0 Å². The highest BCUT2D eigenvalue weighted by Crippen LogP contribution is 2.24. The van der Waals surface area contributed by atoms with Crippen molar-refractivity contribution in [2.75, 3.05) is 33.5 Å². The van der Waals surface area contributed by atoms with E-state index < -0.39 is 10.0 Å². The fourth-order valence-electron chi connectivity index (χ4n) is 1.91. The van der Waals surface area contributed by atoms with Crippen molar-refractivity contribution in [3.63, 3.8) is 0 Å². The molecule has 0 unspecified atom stereocenters. The molecule has 20 heavy (non-hydrogen) atoms. The van der Waals surface area contributed by atoms with Crippen molar-refractivity contribution < 1.29 is 22.6 Å². The average molecular weight is 303 g/mol. The molecule has 0 aliphatic heterocycles. The second-order valence-electron chi connectivity index (χ2n) is 4.38. The number of sulfonamides is 1. The molecule has 1 rings (SSSR count). The first kappa shape index (κ1) is 16.9. The van der Waals surface area contributed by atoms with E-state index in [2.05, 4.69) is 0 Å². The summed E-state index contributed by atoms with van der Waals surface area (Å²) in [5.74, 6) is 0.600. The third-order valence-electron chi connectivity index (χ3n) is 2.65. The monoisotopic (exact) mass is 303 g/mol. The Labute approximate surface area is 119 Å². The standard InChI is InChI=1S/C13H21NO5S/c1-10-8-12(19-7-6-18-5-4-17-3)9-11(2)13(10)20(14,15)16/h8-9H,4-7H2,1-3H3,(H2,14,15,16). The van der Waals surface area contributed by atoms with Gasteiger partial charge in [-0.15, -0.1) is 0 Å². The van der Waals surface area contributed by atoms with Gasteiger partial charge in [-0.05, 0) is 37.1 Å². The van der Waals surface area contributed by atoms with Crippen LogP contribution in [0.1, 0.15) is 11.1 Å². The zero-order chi connectivity index (χ0) is 15.2. The molecule has 0 fully saturated rings. The van der Waals surface area contributed by atoms with Gasteiger partial charge in [-0.25, -0.2) is 13.6 Å². The lowest BCUT2D eigenvalue weighted by Gasteiger charge is -2.12. The van der Waals surface area contributed by atoms with Gasteiger partial charge in [0.1, 0.15) is 12.4 Å². The molecule has 0 aromatic heterocycles. The van der Waals surface area contributed by atoms with Gasteiger partial charge in [0.2, 0.25) is 10.0 Å². The largest absolute Gasteiger partial charge is 0.491 e. The van der Waals surface area contributed by atoms with Gasteiger partial charge in [-0.2, -0.15) is 0 Å². The summed E-state index contributed by atoms with van der Waals surface area (Å²) in [4.78, 5) is 0.154. The summed E-state index contributed by atoms with van der Waals surface area (Å²) >= 11 is 0. The summed E-state index contributed by atoms with van der Waals surface area (Å²) in [6.07, 6.45) is 0. The SMILES string of the molecule is COCCOCCOc1cc(C)c(S(N)(=O)=O)c(C)c1. The van der Waals surface area contributed by atoms with Crippen LogP contribution in [0.5, 0.6) is 5.75 Å². The number of methoxy groups -OCH3 is 1. The molecule has 6 nitrogen and oxygen atoms in total. The highest BCUT2D eigenvalue weighted by molar-refractivity contribution is 7.89. The molecule has 7 heteroatoms. The van der Waals surface area contributed by atoms with E-state index in [1.807, 2.05) is 0 Å². The fourth-order valence-corrected chi connectivity index (χ4v) is 2.92. The number of rotatable bonds is 8. The van der Waals surface area contributed by atoms with Crippen LogP contribution in [-0.2, 0) is 19.5 Å². The van der Waals surface area contributed by atoms with Crippen LogP contribution in [0.2, 0.25) is 0 Å². The molecule has 0 spiro atoms. The number of hydrogen-bond donors (Lipinski definition) is 1. The van der Waals surface area contributed by atoms with Gasteiger partial charge < -0.3 is 14.2 Å². The van der Waals surface area contributed by atoms with Crippen molar-refractivity contribution in [3.05, 3.63) is 23.3 Å². The first-order valence-corrected chi connectivity index (χ1v) is 7.74. The van der Waals surface area contributed by atoms with Crippen LogP contribution in [0.4, 0.5) is 0 Å². The van der Waals surface area contributed by atoms with Crippen molar-refractivity contribution in [1.29, 1.82) is 0 Å². The van der Waals surface area contributed by atoms with Crippen LogP contribution in [0.15, 0.2) is 17.0 Å². The molecule has 0 aliphatic carbocycles. The lowest BCUT2D eigenvalue weighted by Crippen LogP contribution is -2.16. The van der Waals surface area contributed by atoms with Crippen LogP contribution in [0, 0.1) is 13.8 Å². The second kappa shape index (κ2) is 7.58. The zero-order valence-corrected chi connectivity index (χ0v) is 12.8. The van der Waals surface area contributed by atoms with E-state index in [1.54, 1.807) is 33.1 Å². The molecule has 0 atom stereocenters. The smallest absolute Gasteiger partial charge is 0.238 e. The Morgan fingerprint density at radius 1 is 1.05 bits per heavy atom. The summed E-state index contributed by atoms with van der Waals surface area (Å²) in [5, 5.41) is 5.18. The molecule has 1 aromatic carbocycles. The molecular weight excluding hydrogens is 282 g/mol. The second-order valence-corrected chi connectivity index (χ2v) is 5.88. The van der Waals surface area contributed by atoms with Crippen LogP contribution >= 0.6 is 0 Å². The Morgan fingerprint density at radius 3 is 2.10 bits per heavy atom. The molecule has 0 amide bonds. The Morgan fingerprint density at radius 2 is 1.60 bits per heavy atom. The molecule has 1 aromatic rings. The summed E-state index contributed by atoms with van der Waals surface area (Å²) in [6, 6.07) is 3.31. The minimum atomic E-state index is -3.71. The molecule has 0 bridgehead atoms. The lowest BCUT2D eigenvalue weighted by atomic mass is 10.1. The van der Waals surface area contributed by atoms with E-state index >= 15 is 0 Å². The minimum absolute atomic E-state index is 0.154. The molecule has 0 aliphatic rings. The van der Waals surface area contributed by atoms with Gasteiger partial charge in [0, 0.05) is 7.11 Å². The molecule has 2 N–H and O–H groups in total. The van der Waals surface area contributed by atoms with E-state index in [-0.39, 0.29) is 4.90 Å². The predicted molar refractivity (Wildman–Crippen MR) is 75.5 cm³/mol. The molecule has 0 radical (unpaired) electrons. The Bertz CT molecular complexity index is 519. The molecular formula is C13H21NO5S. The minimum Gasteiger partial charge on any atom is -0.491 e. The maximum absolute atomic E-state index is 11.5. The van der Waals surface area contributed by atoms with Crippen molar-refractivity contribution in [1.82, 2.24) is 0 Å². The van der Waals surface area contributed by atoms with Crippen LogP contribution in [-0.4, -0.2) is 42.0 Å². The van der Waals surface area contributed by atoms with Crippen LogP contribution in [0.3, 0.4) is 0 Å². The molecule has 114 valence electrons. The van der Waals surface area contributed by atoms with Crippen molar-refractivity contribution in [3.8, 4) is 5.75 Å². The Hall–Kier alpha value is -1.15. The summed E-state index contributed by atoms with van der Waals surface area (Å²) in [5.41, 5.74) is 1.14. The first-order chi connectivity index (χ1) is 9.36. The predicted octanol–water partition coefficient (Wildman–Crippen LogP) is 0.993. The van der Waals surface area contributed by atoms with Crippen molar-refractivity contribution in [2.45, 2.75) is 18.7 Å². The molecule has 0 saturated heterocycles. The molecule has 0 heterocycles. The Kier molecular flexibility index (Phi) is 6.41. The van der Waals surface area contributed by atoms with Crippen LogP contribution < -0.4 is 9.88 Å². The topological polar surface area (TPSA) is 87.8 Å². The highest BCUT2D eigenvalue weighted by Gasteiger charge is 2.16. The van der Waals surface area contributed by atoms with Crippen molar-refractivity contribution >= 4 is 10.0 Å². The first-order valence-electron chi connectivity index (χ1n) is 6.19. The lowest BCUT2D eigenvalue weighted by molar-refractivity contribution is 0.0544. The third kappa shape index (κ3) is 5.09. The number of primary sulfonamides is 1. The van der Waals surface area contributed by atoms with Gasteiger partial charge in [-0.1, -0.05) is 0 Å². The summed E-state index contributed by atoms with van der Waals surface area (Å²) in [7, 11) is -2.10. The van der Waals surface area contributed by atoms with Gasteiger partial charge >= 0.3 is 0 Å². The quantitative estimate of drug-likeness (QED) is 0.724. The van der Waals surface area contributed by atoms with E-state index in [9.17, 15) is 8.42 Å². The zero-order valence-electron chi connectivity index (χ0n) is 12.0.